The lowest BCUT2D eigenvalue weighted by Crippen LogP contribution is -2.49. The van der Waals surface area contributed by atoms with E-state index in [1.54, 1.807) is 6.07 Å². The van der Waals surface area contributed by atoms with Gasteiger partial charge in [-0.25, -0.2) is 4.79 Å². The molecule has 1 fully saturated rings. The molecule has 5 heteroatoms. The van der Waals surface area contributed by atoms with Gasteiger partial charge in [0.25, 0.3) is 5.91 Å². The summed E-state index contributed by atoms with van der Waals surface area (Å²) in [5.41, 5.74) is 0. The van der Waals surface area contributed by atoms with Crippen LogP contribution in [0.25, 0.3) is 0 Å². The molecule has 2 heterocycles. The van der Waals surface area contributed by atoms with Crippen molar-refractivity contribution in [1.82, 2.24) is 4.90 Å². The predicted octanol–water partition coefficient (Wildman–Crippen LogP) is 3.00. The fourth-order valence-electron chi connectivity index (χ4n) is 2.73. The molecule has 2 rings (SSSR count). The van der Waals surface area contributed by atoms with Gasteiger partial charge >= 0.3 is 5.97 Å². The van der Waals surface area contributed by atoms with Crippen LogP contribution in [-0.4, -0.2) is 35.5 Å². The molecule has 2 atom stereocenters. The fourth-order valence-corrected chi connectivity index (χ4v) is 3.49. The molecule has 0 spiro atoms. The molecule has 4 nitrogen and oxygen atoms in total. The second kappa shape index (κ2) is 6.39. The van der Waals surface area contributed by atoms with Gasteiger partial charge in [-0.15, -0.1) is 11.3 Å². The molecule has 0 radical (unpaired) electrons. The molecule has 1 aromatic heterocycles. The van der Waals surface area contributed by atoms with E-state index in [9.17, 15) is 9.59 Å². The first-order chi connectivity index (χ1) is 9.49. The van der Waals surface area contributed by atoms with E-state index in [0.29, 0.717) is 4.88 Å². The van der Waals surface area contributed by atoms with Gasteiger partial charge in [0, 0.05) is 17.0 Å². The zero-order valence-corrected chi connectivity index (χ0v) is 13.0. The normalized spacial score (nSPS) is 22.6. The van der Waals surface area contributed by atoms with Crippen LogP contribution in [0.3, 0.4) is 0 Å². The number of ether oxygens (including phenoxy) is 1. The summed E-state index contributed by atoms with van der Waals surface area (Å²) < 4.78 is 5.13. The number of piperidine rings is 1. The number of carbonyl (C=O) groups is 2. The third kappa shape index (κ3) is 3.39. The Morgan fingerprint density at radius 1 is 1.30 bits per heavy atom. The number of esters is 1. The molecule has 1 saturated heterocycles. The number of carbonyl (C=O) groups excluding carboxylic acids is 2. The number of aryl methyl sites for hydroxylation is 1. The Morgan fingerprint density at radius 2 is 1.95 bits per heavy atom. The van der Waals surface area contributed by atoms with E-state index in [0.717, 1.165) is 24.1 Å². The van der Waals surface area contributed by atoms with Crippen LogP contribution < -0.4 is 0 Å². The maximum atomic E-state index is 12.2. The molecule has 1 aromatic rings. The van der Waals surface area contributed by atoms with E-state index in [1.807, 2.05) is 17.9 Å². The van der Waals surface area contributed by atoms with Crippen molar-refractivity contribution in [1.29, 1.82) is 0 Å². The van der Waals surface area contributed by atoms with Crippen molar-refractivity contribution < 1.29 is 14.3 Å². The van der Waals surface area contributed by atoms with E-state index in [1.165, 1.54) is 11.3 Å². The summed E-state index contributed by atoms with van der Waals surface area (Å²) in [5.74, 6) is -0.500. The number of rotatable bonds is 3. The monoisotopic (exact) mass is 295 g/mol. The van der Waals surface area contributed by atoms with Crippen LogP contribution in [0.1, 0.15) is 47.7 Å². The van der Waals surface area contributed by atoms with Gasteiger partial charge in [-0.3, -0.25) is 4.79 Å². The number of thiophene rings is 1. The van der Waals surface area contributed by atoms with E-state index in [2.05, 4.69) is 13.8 Å². The summed E-state index contributed by atoms with van der Waals surface area (Å²) in [6.07, 6.45) is 3.20. The SMILES string of the molecule is Cc1ccc(C(=O)OCC(=O)N2[C@H](C)CCC[C@@H]2C)s1. The number of hydrogen-bond acceptors (Lipinski definition) is 4. The summed E-state index contributed by atoms with van der Waals surface area (Å²) >= 11 is 1.38. The molecular weight excluding hydrogens is 274 g/mol. The van der Waals surface area contributed by atoms with Crippen molar-refractivity contribution in [2.45, 2.75) is 52.1 Å². The largest absolute Gasteiger partial charge is 0.451 e. The van der Waals surface area contributed by atoms with Crippen LogP contribution in [0, 0.1) is 6.92 Å². The van der Waals surface area contributed by atoms with Crippen molar-refractivity contribution in [2.75, 3.05) is 6.61 Å². The Kier molecular flexibility index (Phi) is 4.81. The van der Waals surface area contributed by atoms with Crippen LogP contribution in [0.2, 0.25) is 0 Å². The van der Waals surface area contributed by atoms with E-state index >= 15 is 0 Å². The lowest BCUT2D eigenvalue weighted by atomic mass is 9.97. The van der Waals surface area contributed by atoms with Crippen LogP contribution >= 0.6 is 11.3 Å². The van der Waals surface area contributed by atoms with Gasteiger partial charge in [0.1, 0.15) is 4.88 Å². The molecule has 20 heavy (non-hydrogen) atoms. The summed E-state index contributed by atoms with van der Waals surface area (Å²) in [6, 6.07) is 4.07. The Morgan fingerprint density at radius 3 is 2.50 bits per heavy atom. The number of hydrogen-bond donors (Lipinski definition) is 0. The highest BCUT2D eigenvalue weighted by atomic mass is 32.1. The molecule has 0 aromatic carbocycles. The second-order valence-corrected chi connectivity index (χ2v) is 6.70. The van der Waals surface area contributed by atoms with E-state index < -0.39 is 5.97 Å². The van der Waals surface area contributed by atoms with Crippen molar-refractivity contribution in [3.63, 3.8) is 0 Å². The molecule has 0 N–H and O–H groups in total. The molecule has 0 bridgehead atoms. The molecule has 110 valence electrons. The molecular formula is C15H21NO3S. The smallest absolute Gasteiger partial charge is 0.348 e. The maximum absolute atomic E-state index is 12.2. The Balaban J connectivity index is 1.90. The third-order valence-electron chi connectivity index (χ3n) is 3.75. The summed E-state index contributed by atoms with van der Waals surface area (Å²) in [5, 5.41) is 0. The minimum atomic E-state index is -0.409. The van der Waals surface area contributed by atoms with Gasteiger partial charge in [-0.05, 0) is 52.2 Å². The topological polar surface area (TPSA) is 46.6 Å². The highest BCUT2D eigenvalue weighted by molar-refractivity contribution is 7.13. The highest BCUT2D eigenvalue weighted by Crippen LogP contribution is 2.22. The van der Waals surface area contributed by atoms with Crippen LogP contribution in [0.4, 0.5) is 0 Å². The van der Waals surface area contributed by atoms with Crippen molar-refractivity contribution in [3.8, 4) is 0 Å². The van der Waals surface area contributed by atoms with Crippen molar-refractivity contribution >= 4 is 23.2 Å². The first kappa shape index (κ1) is 15.0. The first-order valence-electron chi connectivity index (χ1n) is 7.03. The van der Waals surface area contributed by atoms with Crippen molar-refractivity contribution in [3.05, 3.63) is 21.9 Å². The Hall–Kier alpha value is -1.36. The number of nitrogens with zero attached hydrogens (tertiary/aromatic N) is 1. The lowest BCUT2D eigenvalue weighted by molar-refractivity contribution is -0.140. The molecule has 1 amide bonds. The maximum Gasteiger partial charge on any atom is 0.348 e. The van der Waals surface area contributed by atoms with Crippen LogP contribution in [0.15, 0.2) is 12.1 Å². The molecule has 1 aliphatic heterocycles. The van der Waals surface area contributed by atoms with Crippen LogP contribution in [-0.2, 0) is 9.53 Å². The standard InChI is InChI=1S/C15H21NO3S/c1-10-5-4-6-11(2)16(10)14(17)9-19-15(18)13-8-7-12(3)20-13/h7-8,10-11H,4-6,9H2,1-3H3/t10-,11+. The summed E-state index contributed by atoms with van der Waals surface area (Å²) in [4.78, 5) is 27.5. The van der Waals surface area contributed by atoms with Gasteiger partial charge < -0.3 is 9.64 Å². The van der Waals surface area contributed by atoms with Crippen molar-refractivity contribution in [2.24, 2.45) is 0 Å². The average molecular weight is 295 g/mol. The Bertz CT molecular complexity index is 487. The minimum absolute atomic E-state index is 0.0914. The highest BCUT2D eigenvalue weighted by Gasteiger charge is 2.29. The zero-order valence-electron chi connectivity index (χ0n) is 12.2. The van der Waals surface area contributed by atoms with Gasteiger partial charge in [-0.2, -0.15) is 0 Å². The summed E-state index contributed by atoms with van der Waals surface area (Å²) in [6.45, 7) is 5.88. The lowest BCUT2D eigenvalue weighted by Gasteiger charge is -2.38. The van der Waals surface area contributed by atoms with Gasteiger partial charge in [-0.1, -0.05) is 0 Å². The summed E-state index contributed by atoms with van der Waals surface area (Å²) in [7, 11) is 0. The first-order valence-corrected chi connectivity index (χ1v) is 7.85. The minimum Gasteiger partial charge on any atom is -0.451 e. The Labute approximate surface area is 123 Å². The molecule has 1 aliphatic rings. The quantitative estimate of drug-likeness (QED) is 0.805. The van der Waals surface area contributed by atoms with E-state index in [4.69, 9.17) is 4.74 Å². The van der Waals surface area contributed by atoms with E-state index in [-0.39, 0.29) is 24.6 Å². The fraction of sp³-hybridized carbons (Fsp3) is 0.600. The van der Waals surface area contributed by atoms with Gasteiger partial charge in [0.05, 0.1) is 0 Å². The molecule has 0 unspecified atom stereocenters. The number of amides is 1. The van der Waals surface area contributed by atoms with Crippen LogP contribution in [0.5, 0.6) is 0 Å². The molecule has 0 saturated carbocycles. The van der Waals surface area contributed by atoms with Gasteiger partial charge in [0.15, 0.2) is 6.61 Å². The molecule has 0 aliphatic carbocycles. The number of likely N-dealkylation sites (tertiary alicyclic amines) is 1. The van der Waals surface area contributed by atoms with Gasteiger partial charge in [0.2, 0.25) is 0 Å². The third-order valence-corrected chi connectivity index (χ3v) is 4.73. The zero-order chi connectivity index (χ0) is 14.7. The predicted molar refractivity (Wildman–Crippen MR) is 79.0 cm³/mol. The second-order valence-electron chi connectivity index (χ2n) is 5.42. The average Bonchev–Trinajstić information content (AvgIpc) is 2.82.